The Labute approximate surface area is 78.7 Å². The van der Waals surface area contributed by atoms with Gasteiger partial charge in [0, 0.05) is 6.54 Å². The summed E-state index contributed by atoms with van der Waals surface area (Å²) in [5, 5.41) is 4.73. The Balaban J connectivity index is 2.61. The molecule has 3 nitrogen and oxygen atoms in total. The first-order valence-electron chi connectivity index (χ1n) is 3.76. The number of hydrogen-bond donors (Lipinski definition) is 0. The maximum Gasteiger partial charge on any atom is 0.488 e. The molecule has 0 aliphatic carbocycles. The number of nitrogens with zero attached hydrogens (tertiary/aromatic N) is 3. The lowest BCUT2D eigenvalue weighted by molar-refractivity contribution is -0.225. The number of alkyl halides is 4. The highest BCUT2D eigenvalue weighted by atomic mass is 35.5. The molecule has 1 rings (SSSR count). The van der Waals surface area contributed by atoms with E-state index in [1.807, 2.05) is 6.92 Å². The van der Waals surface area contributed by atoms with Crippen molar-refractivity contribution in [2.45, 2.75) is 25.3 Å². The van der Waals surface area contributed by atoms with E-state index < -0.39 is 11.9 Å². The second-order valence-corrected chi connectivity index (χ2v) is 2.97. The third-order valence-corrected chi connectivity index (χ3v) is 1.98. The van der Waals surface area contributed by atoms with Crippen molar-refractivity contribution in [2.24, 2.45) is 5.10 Å². The van der Waals surface area contributed by atoms with Gasteiger partial charge in [0.15, 0.2) is 0 Å². The minimum Gasteiger partial charge on any atom is -0.259 e. The SMILES string of the molecule is CCCN1N=CN(C(F)(F)F)C1Cl. The van der Waals surface area contributed by atoms with Crippen molar-refractivity contribution in [1.82, 2.24) is 9.91 Å². The number of hydrogen-bond acceptors (Lipinski definition) is 3. The predicted octanol–water partition coefficient (Wildman–Crippen LogP) is 2.00. The standard InChI is InChI=1S/C6H9ClF3N3/c1-2-3-13-5(7)12(4-11-13)6(8,9)10/h4-5H,2-3H2,1H3. The summed E-state index contributed by atoms with van der Waals surface area (Å²) in [7, 11) is 0. The van der Waals surface area contributed by atoms with Gasteiger partial charge in [-0.15, -0.1) is 13.2 Å². The van der Waals surface area contributed by atoms with Gasteiger partial charge in [0.25, 0.3) is 0 Å². The van der Waals surface area contributed by atoms with Gasteiger partial charge >= 0.3 is 6.30 Å². The van der Waals surface area contributed by atoms with E-state index in [1.165, 1.54) is 5.01 Å². The second kappa shape index (κ2) is 3.61. The normalized spacial score (nSPS) is 23.0. The lowest BCUT2D eigenvalue weighted by Gasteiger charge is -2.26. The van der Waals surface area contributed by atoms with Gasteiger partial charge in [-0.25, -0.2) is 4.90 Å². The highest BCUT2D eigenvalue weighted by molar-refractivity contribution is 6.21. The topological polar surface area (TPSA) is 18.8 Å². The van der Waals surface area contributed by atoms with Crippen molar-refractivity contribution in [2.75, 3.05) is 6.54 Å². The molecule has 13 heavy (non-hydrogen) atoms. The minimum absolute atomic E-state index is 0.0597. The summed E-state index contributed by atoms with van der Waals surface area (Å²) in [5.41, 5.74) is -1.25. The maximum atomic E-state index is 12.1. The molecule has 1 aliphatic heterocycles. The van der Waals surface area contributed by atoms with Gasteiger partial charge < -0.3 is 0 Å². The molecule has 76 valence electrons. The van der Waals surface area contributed by atoms with Gasteiger partial charge in [-0.05, 0) is 6.42 Å². The van der Waals surface area contributed by atoms with Gasteiger partial charge in [-0.2, -0.15) is 5.10 Å². The van der Waals surface area contributed by atoms with Crippen molar-refractivity contribution in [3.63, 3.8) is 0 Å². The van der Waals surface area contributed by atoms with E-state index in [1.54, 1.807) is 0 Å². The maximum absolute atomic E-state index is 12.1. The Morgan fingerprint density at radius 1 is 1.54 bits per heavy atom. The average molecular weight is 216 g/mol. The first-order valence-corrected chi connectivity index (χ1v) is 4.20. The summed E-state index contributed by atoms with van der Waals surface area (Å²) in [5.74, 6) is 0. The van der Waals surface area contributed by atoms with Crippen LogP contribution in [0.2, 0.25) is 0 Å². The molecule has 1 heterocycles. The number of hydrazone groups is 1. The molecule has 0 N–H and O–H groups in total. The quantitative estimate of drug-likeness (QED) is 0.518. The van der Waals surface area contributed by atoms with Gasteiger partial charge in [-0.3, -0.25) is 5.01 Å². The molecule has 1 unspecified atom stereocenters. The zero-order chi connectivity index (χ0) is 10.1. The summed E-state index contributed by atoms with van der Waals surface area (Å²) in [6.07, 6.45) is -3.06. The van der Waals surface area contributed by atoms with Crippen LogP contribution in [0, 0.1) is 0 Å². The Hall–Kier alpha value is -0.650. The molecule has 0 aromatic carbocycles. The lowest BCUT2D eigenvalue weighted by atomic mass is 10.5. The van der Waals surface area contributed by atoms with Crippen molar-refractivity contribution in [3.05, 3.63) is 0 Å². The molecule has 0 aromatic rings. The first-order chi connectivity index (χ1) is 5.96. The lowest BCUT2D eigenvalue weighted by Crippen LogP contribution is -2.44. The molecule has 0 aromatic heterocycles. The third-order valence-electron chi connectivity index (χ3n) is 1.55. The van der Waals surface area contributed by atoms with Crippen molar-refractivity contribution in [1.29, 1.82) is 0 Å². The van der Waals surface area contributed by atoms with Crippen LogP contribution in [0.3, 0.4) is 0 Å². The Kier molecular flexibility index (Phi) is 2.90. The minimum atomic E-state index is -4.46. The highest BCUT2D eigenvalue weighted by Gasteiger charge is 2.44. The van der Waals surface area contributed by atoms with Crippen LogP contribution in [0.5, 0.6) is 0 Å². The van der Waals surface area contributed by atoms with E-state index in [4.69, 9.17) is 11.6 Å². The van der Waals surface area contributed by atoms with Crippen LogP contribution in [0.4, 0.5) is 13.2 Å². The van der Waals surface area contributed by atoms with E-state index in [0.717, 1.165) is 0 Å². The van der Waals surface area contributed by atoms with Crippen LogP contribution in [0.15, 0.2) is 5.10 Å². The fourth-order valence-corrected chi connectivity index (χ4v) is 1.26. The van der Waals surface area contributed by atoms with Gasteiger partial charge in [0.2, 0.25) is 5.62 Å². The van der Waals surface area contributed by atoms with E-state index in [0.29, 0.717) is 19.3 Å². The zero-order valence-corrected chi connectivity index (χ0v) is 7.68. The van der Waals surface area contributed by atoms with Gasteiger partial charge in [-0.1, -0.05) is 18.5 Å². The molecule has 0 amide bonds. The smallest absolute Gasteiger partial charge is 0.259 e. The zero-order valence-electron chi connectivity index (χ0n) is 6.92. The van der Waals surface area contributed by atoms with Crippen LogP contribution in [0.25, 0.3) is 0 Å². The summed E-state index contributed by atoms with van der Waals surface area (Å²) in [4.78, 5) is 0.0597. The average Bonchev–Trinajstić information content (AvgIpc) is 2.32. The van der Waals surface area contributed by atoms with Crippen LogP contribution >= 0.6 is 11.6 Å². The van der Waals surface area contributed by atoms with E-state index in [-0.39, 0.29) is 4.90 Å². The van der Waals surface area contributed by atoms with Crippen LogP contribution in [-0.2, 0) is 0 Å². The van der Waals surface area contributed by atoms with E-state index in [2.05, 4.69) is 5.10 Å². The van der Waals surface area contributed by atoms with Gasteiger partial charge in [0.1, 0.15) is 6.34 Å². The van der Waals surface area contributed by atoms with Crippen molar-refractivity contribution >= 4 is 17.9 Å². The summed E-state index contributed by atoms with van der Waals surface area (Å²) in [6, 6.07) is 0. The third kappa shape index (κ3) is 2.18. The molecule has 0 spiro atoms. The molecule has 1 aliphatic rings. The molecule has 1 atom stereocenters. The van der Waals surface area contributed by atoms with Crippen LogP contribution < -0.4 is 0 Å². The van der Waals surface area contributed by atoms with Gasteiger partial charge in [0.05, 0.1) is 0 Å². The molecule has 0 fully saturated rings. The van der Waals surface area contributed by atoms with E-state index in [9.17, 15) is 13.2 Å². The largest absolute Gasteiger partial charge is 0.488 e. The molecular weight excluding hydrogens is 207 g/mol. The van der Waals surface area contributed by atoms with E-state index >= 15 is 0 Å². The fourth-order valence-electron chi connectivity index (χ4n) is 0.955. The Bertz CT molecular complexity index is 206. The second-order valence-electron chi connectivity index (χ2n) is 2.58. The summed E-state index contributed by atoms with van der Waals surface area (Å²) in [6.45, 7) is 2.26. The number of halogens is 4. The first kappa shape index (κ1) is 10.4. The molecule has 0 saturated heterocycles. The Morgan fingerprint density at radius 3 is 2.54 bits per heavy atom. The van der Waals surface area contributed by atoms with Crippen LogP contribution in [-0.4, -0.2) is 34.7 Å². The molecule has 0 saturated carbocycles. The predicted molar refractivity (Wildman–Crippen MR) is 43.0 cm³/mol. The monoisotopic (exact) mass is 215 g/mol. The van der Waals surface area contributed by atoms with Crippen molar-refractivity contribution in [3.8, 4) is 0 Å². The molecule has 0 radical (unpaired) electrons. The molecule has 7 heteroatoms. The highest BCUT2D eigenvalue weighted by Crippen LogP contribution is 2.28. The van der Waals surface area contributed by atoms with Crippen molar-refractivity contribution < 1.29 is 13.2 Å². The van der Waals surface area contributed by atoms with Crippen LogP contribution in [0.1, 0.15) is 13.3 Å². The number of rotatable bonds is 2. The molecular formula is C6H9ClF3N3. The summed E-state index contributed by atoms with van der Waals surface area (Å²) < 4.78 is 36.4. The fraction of sp³-hybridized carbons (Fsp3) is 0.833. The Morgan fingerprint density at radius 2 is 2.15 bits per heavy atom. The molecule has 0 bridgehead atoms. The summed E-state index contributed by atoms with van der Waals surface area (Å²) >= 11 is 5.51.